The third kappa shape index (κ3) is 4.12. The van der Waals surface area contributed by atoms with Gasteiger partial charge in [0.15, 0.2) is 0 Å². The van der Waals surface area contributed by atoms with E-state index in [0.717, 1.165) is 12.5 Å². The SMILES string of the molecule is CC(=O)NC(C)C(C)CC(C)N(C)C1CC1. The second-order valence-electron chi connectivity index (χ2n) is 5.45. The van der Waals surface area contributed by atoms with Crippen molar-refractivity contribution in [1.82, 2.24) is 10.2 Å². The largest absolute Gasteiger partial charge is 0.354 e. The van der Waals surface area contributed by atoms with Crippen molar-refractivity contribution >= 4 is 5.91 Å². The van der Waals surface area contributed by atoms with Crippen molar-refractivity contribution in [3.8, 4) is 0 Å². The number of carbonyl (C=O) groups excluding carboxylic acids is 1. The number of rotatable bonds is 6. The zero-order chi connectivity index (χ0) is 12.3. The van der Waals surface area contributed by atoms with E-state index in [0.29, 0.717) is 12.0 Å². The van der Waals surface area contributed by atoms with Gasteiger partial charge in [-0.05, 0) is 46.1 Å². The number of hydrogen-bond donors (Lipinski definition) is 1. The molecule has 0 bridgehead atoms. The Kier molecular flexibility index (Phi) is 4.78. The lowest BCUT2D eigenvalue weighted by Crippen LogP contribution is -2.39. The summed E-state index contributed by atoms with van der Waals surface area (Å²) in [7, 11) is 2.22. The minimum atomic E-state index is 0.0718. The number of nitrogens with one attached hydrogen (secondary N) is 1. The van der Waals surface area contributed by atoms with Crippen molar-refractivity contribution in [2.45, 2.75) is 65.1 Å². The first-order valence-electron chi connectivity index (χ1n) is 6.40. The van der Waals surface area contributed by atoms with Gasteiger partial charge >= 0.3 is 0 Å². The topological polar surface area (TPSA) is 32.3 Å². The van der Waals surface area contributed by atoms with Gasteiger partial charge in [-0.15, -0.1) is 0 Å². The zero-order valence-corrected chi connectivity index (χ0v) is 11.3. The summed E-state index contributed by atoms with van der Waals surface area (Å²) in [5.41, 5.74) is 0. The van der Waals surface area contributed by atoms with Crippen LogP contribution >= 0.6 is 0 Å². The van der Waals surface area contributed by atoms with Crippen molar-refractivity contribution in [3.63, 3.8) is 0 Å². The van der Waals surface area contributed by atoms with E-state index in [1.54, 1.807) is 6.92 Å². The lowest BCUT2D eigenvalue weighted by molar-refractivity contribution is -0.119. The number of hydrogen-bond acceptors (Lipinski definition) is 2. The van der Waals surface area contributed by atoms with Crippen LogP contribution < -0.4 is 5.32 Å². The first kappa shape index (κ1) is 13.5. The van der Waals surface area contributed by atoms with Gasteiger partial charge in [-0.1, -0.05) is 6.92 Å². The van der Waals surface area contributed by atoms with E-state index in [-0.39, 0.29) is 11.9 Å². The van der Waals surface area contributed by atoms with Crippen LogP contribution in [0, 0.1) is 5.92 Å². The first-order chi connectivity index (χ1) is 7.41. The molecular weight excluding hydrogens is 200 g/mol. The molecule has 3 unspecified atom stereocenters. The van der Waals surface area contributed by atoms with E-state index in [1.165, 1.54) is 12.8 Å². The molecular formula is C13H26N2O. The summed E-state index contributed by atoms with van der Waals surface area (Å²) >= 11 is 0. The van der Waals surface area contributed by atoms with Gasteiger partial charge in [-0.2, -0.15) is 0 Å². The van der Waals surface area contributed by atoms with Gasteiger partial charge in [0.05, 0.1) is 0 Å². The highest BCUT2D eigenvalue weighted by Gasteiger charge is 2.30. The average molecular weight is 226 g/mol. The molecule has 3 heteroatoms. The second kappa shape index (κ2) is 5.67. The summed E-state index contributed by atoms with van der Waals surface area (Å²) in [5.74, 6) is 0.600. The number of carbonyl (C=O) groups is 1. The molecule has 0 aromatic heterocycles. The third-order valence-corrected chi connectivity index (χ3v) is 3.82. The number of amides is 1. The molecule has 1 saturated carbocycles. The van der Waals surface area contributed by atoms with Crippen LogP contribution in [-0.4, -0.2) is 36.0 Å². The molecule has 3 nitrogen and oxygen atoms in total. The Bertz CT molecular complexity index is 238. The van der Waals surface area contributed by atoms with Crippen LogP contribution in [0.15, 0.2) is 0 Å². The van der Waals surface area contributed by atoms with Crippen molar-refractivity contribution < 1.29 is 4.79 Å². The molecule has 0 aromatic rings. The minimum absolute atomic E-state index is 0.0718. The van der Waals surface area contributed by atoms with E-state index >= 15 is 0 Å². The average Bonchev–Trinajstić information content (AvgIpc) is 2.98. The Balaban J connectivity index is 2.31. The molecule has 0 spiro atoms. The number of nitrogens with zero attached hydrogens (tertiary/aromatic N) is 1. The van der Waals surface area contributed by atoms with Crippen LogP contribution in [0.5, 0.6) is 0 Å². The Morgan fingerprint density at radius 1 is 1.38 bits per heavy atom. The van der Waals surface area contributed by atoms with Crippen LogP contribution in [-0.2, 0) is 4.79 Å². The van der Waals surface area contributed by atoms with Crippen molar-refractivity contribution in [1.29, 1.82) is 0 Å². The fourth-order valence-electron chi connectivity index (χ4n) is 2.21. The zero-order valence-electron chi connectivity index (χ0n) is 11.3. The molecule has 0 heterocycles. The molecule has 3 atom stereocenters. The molecule has 1 amide bonds. The maximum absolute atomic E-state index is 11.0. The minimum Gasteiger partial charge on any atom is -0.354 e. The van der Waals surface area contributed by atoms with Crippen LogP contribution in [0.25, 0.3) is 0 Å². The van der Waals surface area contributed by atoms with E-state index < -0.39 is 0 Å². The van der Waals surface area contributed by atoms with Gasteiger partial charge in [0.25, 0.3) is 0 Å². The molecule has 94 valence electrons. The van der Waals surface area contributed by atoms with Crippen LogP contribution in [0.4, 0.5) is 0 Å². The van der Waals surface area contributed by atoms with Gasteiger partial charge in [0, 0.05) is 25.0 Å². The van der Waals surface area contributed by atoms with E-state index in [1.807, 2.05) is 0 Å². The highest BCUT2D eigenvalue weighted by molar-refractivity contribution is 5.73. The summed E-state index contributed by atoms with van der Waals surface area (Å²) in [4.78, 5) is 13.5. The molecule has 0 aromatic carbocycles. The predicted molar refractivity (Wildman–Crippen MR) is 67.3 cm³/mol. The molecule has 1 aliphatic rings. The summed E-state index contributed by atoms with van der Waals surface area (Å²) in [6.45, 7) is 8.19. The van der Waals surface area contributed by atoms with Crippen molar-refractivity contribution in [3.05, 3.63) is 0 Å². The maximum atomic E-state index is 11.0. The van der Waals surface area contributed by atoms with Gasteiger partial charge in [0.2, 0.25) is 5.91 Å². The smallest absolute Gasteiger partial charge is 0.217 e. The van der Waals surface area contributed by atoms with E-state index in [9.17, 15) is 4.79 Å². The monoisotopic (exact) mass is 226 g/mol. The highest BCUT2D eigenvalue weighted by Crippen LogP contribution is 2.28. The normalized spacial score (nSPS) is 21.6. The summed E-state index contributed by atoms with van der Waals surface area (Å²) in [5, 5.41) is 2.97. The fourth-order valence-corrected chi connectivity index (χ4v) is 2.21. The molecule has 1 fully saturated rings. The van der Waals surface area contributed by atoms with Gasteiger partial charge in [0.1, 0.15) is 0 Å². The standard InChI is InChI=1S/C13H26N2O/c1-9(11(3)14-12(4)16)8-10(2)15(5)13-6-7-13/h9-11,13H,6-8H2,1-5H3,(H,14,16). The van der Waals surface area contributed by atoms with Gasteiger partial charge in [-0.25, -0.2) is 0 Å². The molecule has 0 aliphatic heterocycles. The molecule has 0 radical (unpaired) electrons. The van der Waals surface area contributed by atoms with E-state index in [2.05, 4.69) is 38.0 Å². The Labute approximate surface area is 99.6 Å². The maximum Gasteiger partial charge on any atom is 0.217 e. The third-order valence-electron chi connectivity index (χ3n) is 3.82. The summed E-state index contributed by atoms with van der Waals surface area (Å²) < 4.78 is 0. The Morgan fingerprint density at radius 3 is 2.38 bits per heavy atom. The van der Waals surface area contributed by atoms with Crippen LogP contribution in [0.1, 0.15) is 47.0 Å². The Hall–Kier alpha value is -0.570. The lowest BCUT2D eigenvalue weighted by Gasteiger charge is -2.29. The molecule has 1 N–H and O–H groups in total. The predicted octanol–water partition coefficient (Wildman–Crippen LogP) is 2.02. The van der Waals surface area contributed by atoms with Gasteiger partial charge < -0.3 is 10.2 Å². The summed E-state index contributed by atoms with van der Waals surface area (Å²) in [6.07, 6.45) is 3.86. The molecule has 1 aliphatic carbocycles. The van der Waals surface area contributed by atoms with Crippen LogP contribution in [0.2, 0.25) is 0 Å². The molecule has 0 saturated heterocycles. The summed E-state index contributed by atoms with van der Waals surface area (Å²) in [6, 6.07) is 1.70. The lowest BCUT2D eigenvalue weighted by atomic mass is 9.95. The van der Waals surface area contributed by atoms with Crippen molar-refractivity contribution in [2.75, 3.05) is 7.05 Å². The Morgan fingerprint density at radius 2 is 1.94 bits per heavy atom. The molecule has 1 rings (SSSR count). The van der Waals surface area contributed by atoms with E-state index in [4.69, 9.17) is 0 Å². The highest BCUT2D eigenvalue weighted by atomic mass is 16.1. The second-order valence-corrected chi connectivity index (χ2v) is 5.45. The van der Waals surface area contributed by atoms with Gasteiger partial charge in [-0.3, -0.25) is 4.79 Å². The fraction of sp³-hybridized carbons (Fsp3) is 0.923. The van der Waals surface area contributed by atoms with Crippen molar-refractivity contribution in [2.24, 2.45) is 5.92 Å². The van der Waals surface area contributed by atoms with Crippen LogP contribution in [0.3, 0.4) is 0 Å². The quantitative estimate of drug-likeness (QED) is 0.751. The molecule has 16 heavy (non-hydrogen) atoms. The first-order valence-corrected chi connectivity index (χ1v) is 6.40.